The van der Waals surface area contributed by atoms with E-state index in [9.17, 15) is 4.39 Å². The molecule has 0 saturated heterocycles. The van der Waals surface area contributed by atoms with Crippen LogP contribution >= 0.6 is 46.1 Å². The van der Waals surface area contributed by atoms with E-state index in [0.717, 1.165) is 17.3 Å². The number of hydrogen-bond donors (Lipinski definition) is 1. The molecule has 1 aromatic heterocycles. The molecular formula is C14H13Cl3FNS. The summed E-state index contributed by atoms with van der Waals surface area (Å²) in [5.41, 5.74) is 0.595. The van der Waals surface area contributed by atoms with Gasteiger partial charge in [-0.1, -0.05) is 34.8 Å². The fourth-order valence-corrected chi connectivity index (χ4v) is 3.72. The highest BCUT2D eigenvalue weighted by Crippen LogP contribution is 2.32. The smallest absolute Gasteiger partial charge is 0.142 e. The van der Waals surface area contributed by atoms with Crippen LogP contribution in [0, 0.1) is 5.82 Å². The maximum absolute atomic E-state index is 13.5. The minimum Gasteiger partial charge on any atom is -0.310 e. The summed E-state index contributed by atoms with van der Waals surface area (Å²) in [7, 11) is 0. The van der Waals surface area contributed by atoms with Crippen molar-refractivity contribution in [2.45, 2.75) is 19.4 Å². The molecule has 1 aromatic carbocycles. The normalized spacial score (nSPS) is 12.7. The van der Waals surface area contributed by atoms with E-state index < -0.39 is 5.82 Å². The molecule has 0 aliphatic rings. The second-order valence-corrected chi connectivity index (χ2v) is 6.97. The van der Waals surface area contributed by atoms with Crippen molar-refractivity contribution in [1.82, 2.24) is 5.32 Å². The van der Waals surface area contributed by atoms with Crippen LogP contribution in [0.5, 0.6) is 0 Å². The zero-order valence-corrected chi connectivity index (χ0v) is 13.8. The Morgan fingerprint density at radius 2 is 1.95 bits per heavy atom. The molecule has 108 valence electrons. The monoisotopic (exact) mass is 351 g/mol. The molecule has 20 heavy (non-hydrogen) atoms. The summed E-state index contributed by atoms with van der Waals surface area (Å²) in [6.45, 7) is 2.65. The van der Waals surface area contributed by atoms with Crippen LogP contribution in [0.2, 0.25) is 14.4 Å². The first-order valence-corrected chi connectivity index (χ1v) is 8.05. The Labute approximate surface area is 136 Å². The van der Waals surface area contributed by atoms with Gasteiger partial charge in [0.15, 0.2) is 0 Å². The zero-order chi connectivity index (χ0) is 14.7. The lowest BCUT2D eigenvalue weighted by molar-refractivity contribution is 0.569. The van der Waals surface area contributed by atoms with Crippen LogP contribution in [0.15, 0.2) is 24.3 Å². The summed E-state index contributed by atoms with van der Waals surface area (Å²) in [6.07, 6.45) is 0.853. The van der Waals surface area contributed by atoms with Crippen LogP contribution in [0.25, 0.3) is 0 Å². The average Bonchev–Trinajstić information content (AvgIpc) is 2.80. The molecule has 1 N–H and O–H groups in total. The van der Waals surface area contributed by atoms with Crippen LogP contribution < -0.4 is 5.32 Å². The Morgan fingerprint density at radius 1 is 1.20 bits per heavy atom. The van der Waals surface area contributed by atoms with Crippen molar-refractivity contribution in [3.8, 4) is 0 Å². The molecule has 0 aliphatic carbocycles. The van der Waals surface area contributed by atoms with Gasteiger partial charge in [0.25, 0.3) is 0 Å². The summed E-state index contributed by atoms with van der Waals surface area (Å²) in [5, 5.41) is 3.84. The second-order valence-electron chi connectivity index (χ2n) is 4.39. The van der Waals surface area contributed by atoms with E-state index in [1.54, 1.807) is 11.3 Å². The maximum atomic E-state index is 13.5. The molecule has 0 amide bonds. The summed E-state index contributed by atoms with van der Waals surface area (Å²) >= 11 is 19.5. The van der Waals surface area contributed by atoms with Crippen molar-refractivity contribution in [1.29, 1.82) is 0 Å². The predicted molar refractivity (Wildman–Crippen MR) is 85.9 cm³/mol. The van der Waals surface area contributed by atoms with Crippen LogP contribution in [-0.4, -0.2) is 6.54 Å². The Hall–Kier alpha value is -0.320. The van der Waals surface area contributed by atoms with Crippen LogP contribution in [0.3, 0.4) is 0 Å². The van der Waals surface area contributed by atoms with Gasteiger partial charge in [-0.3, -0.25) is 0 Å². The van der Waals surface area contributed by atoms with Gasteiger partial charge < -0.3 is 5.32 Å². The molecule has 1 heterocycles. The Bertz CT molecular complexity index is 600. The molecule has 0 spiro atoms. The minimum atomic E-state index is -0.454. The molecule has 1 nitrogen and oxygen atoms in total. The van der Waals surface area contributed by atoms with E-state index >= 15 is 0 Å². The average molecular weight is 353 g/mol. The molecular weight excluding hydrogens is 340 g/mol. The van der Waals surface area contributed by atoms with Gasteiger partial charge in [0, 0.05) is 28.0 Å². The predicted octanol–water partition coefficient (Wildman–Crippen LogP) is 5.74. The Balaban J connectivity index is 1.98. The third-order valence-corrected chi connectivity index (χ3v) is 4.97. The fraction of sp³-hybridized carbons (Fsp3) is 0.286. The minimum absolute atomic E-state index is 0.0802. The number of hydrogen-bond acceptors (Lipinski definition) is 2. The van der Waals surface area contributed by atoms with Gasteiger partial charge >= 0.3 is 0 Å². The van der Waals surface area contributed by atoms with Crippen LogP contribution in [-0.2, 0) is 6.42 Å². The number of rotatable bonds is 5. The molecule has 0 fully saturated rings. The molecule has 6 heteroatoms. The third-order valence-electron chi connectivity index (χ3n) is 2.96. The highest BCUT2D eigenvalue weighted by Gasteiger charge is 2.16. The van der Waals surface area contributed by atoms with Gasteiger partial charge in [-0.15, -0.1) is 11.3 Å². The van der Waals surface area contributed by atoms with Crippen LogP contribution in [0.4, 0.5) is 4.39 Å². The van der Waals surface area contributed by atoms with E-state index in [-0.39, 0.29) is 11.1 Å². The van der Waals surface area contributed by atoms with Gasteiger partial charge in [0.2, 0.25) is 0 Å². The van der Waals surface area contributed by atoms with E-state index in [1.165, 1.54) is 17.0 Å². The fourth-order valence-electron chi connectivity index (χ4n) is 1.94. The number of thiophene rings is 1. The summed E-state index contributed by atoms with van der Waals surface area (Å²) in [6, 6.07) is 6.55. The van der Waals surface area contributed by atoms with Crippen LogP contribution in [0.1, 0.15) is 23.4 Å². The summed E-state index contributed by atoms with van der Waals surface area (Å²) in [5.74, 6) is -0.454. The van der Waals surface area contributed by atoms with Crippen molar-refractivity contribution in [3.05, 3.63) is 54.9 Å². The van der Waals surface area contributed by atoms with Crippen molar-refractivity contribution in [2.24, 2.45) is 0 Å². The topological polar surface area (TPSA) is 12.0 Å². The summed E-state index contributed by atoms with van der Waals surface area (Å²) < 4.78 is 14.3. The van der Waals surface area contributed by atoms with E-state index in [4.69, 9.17) is 34.8 Å². The molecule has 0 saturated carbocycles. The van der Waals surface area contributed by atoms with Gasteiger partial charge in [0.1, 0.15) is 5.82 Å². The lowest BCUT2D eigenvalue weighted by Gasteiger charge is -2.17. The highest BCUT2D eigenvalue weighted by molar-refractivity contribution is 7.16. The van der Waals surface area contributed by atoms with E-state index in [2.05, 4.69) is 5.32 Å². The number of halogens is 4. The largest absolute Gasteiger partial charge is 0.310 e. The second kappa shape index (κ2) is 7.10. The van der Waals surface area contributed by atoms with E-state index in [0.29, 0.717) is 10.6 Å². The molecule has 2 aromatic rings. The van der Waals surface area contributed by atoms with E-state index in [1.807, 2.05) is 19.1 Å². The lowest BCUT2D eigenvalue weighted by atomic mass is 10.1. The van der Waals surface area contributed by atoms with Gasteiger partial charge in [-0.25, -0.2) is 4.39 Å². The van der Waals surface area contributed by atoms with Gasteiger partial charge in [-0.05, 0) is 37.6 Å². The molecule has 0 radical (unpaired) electrons. The van der Waals surface area contributed by atoms with Gasteiger partial charge in [0.05, 0.1) is 9.36 Å². The molecule has 0 aliphatic heterocycles. The Kier molecular flexibility index (Phi) is 5.70. The first-order chi connectivity index (χ1) is 9.49. The van der Waals surface area contributed by atoms with Crippen molar-refractivity contribution in [2.75, 3.05) is 6.54 Å². The third kappa shape index (κ3) is 3.86. The molecule has 1 atom stereocenters. The first kappa shape index (κ1) is 16.1. The van der Waals surface area contributed by atoms with Crippen molar-refractivity contribution in [3.63, 3.8) is 0 Å². The number of nitrogens with one attached hydrogen (secondary N) is 1. The molecule has 2 rings (SSSR count). The zero-order valence-electron chi connectivity index (χ0n) is 10.7. The number of benzene rings is 1. The Morgan fingerprint density at radius 3 is 2.60 bits per heavy atom. The molecule has 0 bridgehead atoms. The van der Waals surface area contributed by atoms with Crippen molar-refractivity contribution >= 4 is 46.1 Å². The van der Waals surface area contributed by atoms with Crippen molar-refractivity contribution < 1.29 is 4.39 Å². The standard InChI is InChI=1S/C14H13Cl3FNS/c1-8(13-10(15)3-4-11(18)14(13)17)19-7-6-9-2-5-12(16)20-9/h2-5,8,19H,6-7H2,1H3. The summed E-state index contributed by atoms with van der Waals surface area (Å²) in [4.78, 5) is 1.20. The quantitative estimate of drug-likeness (QED) is 0.676. The highest BCUT2D eigenvalue weighted by atomic mass is 35.5. The SMILES string of the molecule is CC(NCCc1ccc(Cl)s1)c1c(Cl)ccc(F)c1Cl. The van der Waals surface area contributed by atoms with Gasteiger partial charge in [-0.2, -0.15) is 0 Å². The lowest BCUT2D eigenvalue weighted by Crippen LogP contribution is -2.22. The molecule has 1 unspecified atom stereocenters. The first-order valence-electron chi connectivity index (χ1n) is 6.10. The maximum Gasteiger partial charge on any atom is 0.142 e.